The number of halogens is 1. The van der Waals surface area contributed by atoms with Gasteiger partial charge in [0.2, 0.25) is 5.91 Å². The number of rotatable bonds is 6. The third-order valence-electron chi connectivity index (χ3n) is 3.84. The summed E-state index contributed by atoms with van der Waals surface area (Å²) in [5.41, 5.74) is 9.49. The van der Waals surface area contributed by atoms with Gasteiger partial charge in [-0.3, -0.25) is 4.79 Å². The van der Waals surface area contributed by atoms with E-state index in [1.807, 2.05) is 0 Å². The van der Waals surface area contributed by atoms with Crippen molar-refractivity contribution in [3.63, 3.8) is 0 Å². The molecule has 5 N–H and O–H groups in total. The SMILES string of the molecule is COc1cc(NC(=O)C2NNNC2Nc2cccc(F)c2)cc(OC)c1. The van der Waals surface area contributed by atoms with Crippen molar-refractivity contribution in [2.75, 3.05) is 24.9 Å². The van der Waals surface area contributed by atoms with Gasteiger partial charge in [0, 0.05) is 29.6 Å². The van der Waals surface area contributed by atoms with Gasteiger partial charge >= 0.3 is 0 Å². The summed E-state index contributed by atoms with van der Waals surface area (Å²) in [7, 11) is 3.07. The first-order chi connectivity index (χ1) is 12.6. The lowest BCUT2D eigenvalue weighted by molar-refractivity contribution is -0.118. The lowest BCUT2D eigenvalue weighted by atomic mass is 10.2. The van der Waals surface area contributed by atoms with E-state index in [1.165, 1.54) is 26.4 Å². The number of benzene rings is 2. The van der Waals surface area contributed by atoms with E-state index < -0.39 is 12.2 Å². The van der Waals surface area contributed by atoms with Crippen LogP contribution in [0.2, 0.25) is 0 Å². The van der Waals surface area contributed by atoms with E-state index in [2.05, 4.69) is 27.0 Å². The average molecular weight is 361 g/mol. The number of ether oxygens (including phenoxy) is 2. The van der Waals surface area contributed by atoms with E-state index in [1.54, 1.807) is 30.3 Å². The van der Waals surface area contributed by atoms with Gasteiger partial charge in [-0.15, -0.1) is 0 Å². The fourth-order valence-corrected chi connectivity index (χ4v) is 2.56. The van der Waals surface area contributed by atoms with E-state index >= 15 is 0 Å². The number of nitrogens with one attached hydrogen (secondary N) is 5. The smallest absolute Gasteiger partial charge is 0.246 e. The van der Waals surface area contributed by atoms with Crippen molar-refractivity contribution in [1.82, 2.24) is 16.4 Å². The predicted octanol–water partition coefficient (Wildman–Crippen LogP) is 1.20. The third kappa shape index (κ3) is 4.20. The molecule has 1 aliphatic heterocycles. The second-order valence-corrected chi connectivity index (χ2v) is 5.61. The molecule has 0 spiro atoms. The highest BCUT2D eigenvalue weighted by molar-refractivity contribution is 5.96. The molecule has 8 nitrogen and oxygen atoms in total. The number of carbonyl (C=O) groups excluding carboxylic acids is 1. The van der Waals surface area contributed by atoms with E-state index in [9.17, 15) is 9.18 Å². The Labute approximate surface area is 150 Å². The highest BCUT2D eigenvalue weighted by atomic mass is 19.1. The molecular weight excluding hydrogens is 341 g/mol. The van der Waals surface area contributed by atoms with Crippen molar-refractivity contribution in [3.8, 4) is 11.5 Å². The van der Waals surface area contributed by atoms with Gasteiger partial charge in [0.1, 0.15) is 29.5 Å². The van der Waals surface area contributed by atoms with Gasteiger partial charge in [-0.25, -0.2) is 15.2 Å². The normalized spacial score (nSPS) is 19.0. The number of anilines is 2. The van der Waals surface area contributed by atoms with Gasteiger partial charge in [0.05, 0.1) is 14.2 Å². The number of methoxy groups -OCH3 is 2. The van der Waals surface area contributed by atoms with Gasteiger partial charge in [-0.2, -0.15) is 5.53 Å². The van der Waals surface area contributed by atoms with Crippen molar-refractivity contribution in [1.29, 1.82) is 0 Å². The first kappa shape index (κ1) is 17.9. The molecule has 2 atom stereocenters. The molecule has 0 radical (unpaired) electrons. The van der Waals surface area contributed by atoms with Crippen LogP contribution in [0.3, 0.4) is 0 Å². The molecular formula is C17H20FN5O3. The second kappa shape index (κ2) is 8.00. The van der Waals surface area contributed by atoms with Crippen LogP contribution >= 0.6 is 0 Å². The standard InChI is InChI=1S/C17H20FN5O3/c1-25-13-7-12(8-14(9-13)26-2)20-17(24)15-16(22-23-21-15)19-11-5-3-4-10(18)6-11/h3-9,15-16,19,21-23H,1-2H3,(H,20,24). The van der Waals surface area contributed by atoms with Crippen LogP contribution in [0.25, 0.3) is 0 Å². The molecule has 0 saturated carbocycles. The van der Waals surface area contributed by atoms with Crippen molar-refractivity contribution < 1.29 is 18.7 Å². The van der Waals surface area contributed by atoms with Crippen LogP contribution in [0.5, 0.6) is 11.5 Å². The molecule has 1 aliphatic rings. The molecule has 138 valence electrons. The van der Waals surface area contributed by atoms with Crippen LogP contribution in [0.4, 0.5) is 15.8 Å². The van der Waals surface area contributed by atoms with Crippen molar-refractivity contribution in [2.45, 2.75) is 12.2 Å². The van der Waals surface area contributed by atoms with Crippen LogP contribution in [0, 0.1) is 5.82 Å². The van der Waals surface area contributed by atoms with E-state index in [-0.39, 0.29) is 11.7 Å². The Morgan fingerprint density at radius 2 is 1.77 bits per heavy atom. The van der Waals surface area contributed by atoms with Gasteiger partial charge in [0.25, 0.3) is 0 Å². The molecule has 2 aromatic rings. The Morgan fingerprint density at radius 1 is 1.04 bits per heavy atom. The van der Waals surface area contributed by atoms with Crippen molar-refractivity contribution >= 4 is 17.3 Å². The van der Waals surface area contributed by atoms with Crippen LogP contribution in [-0.4, -0.2) is 32.3 Å². The lowest BCUT2D eigenvalue weighted by Gasteiger charge is -2.20. The van der Waals surface area contributed by atoms with E-state index in [0.717, 1.165) is 0 Å². The maximum absolute atomic E-state index is 13.3. The maximum atomic E-state index is 13.3. The Balaban J connectivity index is 1.70. The maximum Gasteiger partial charge on any atom is 0.246 e. The summed E-state index contributed by atoms with van der Waals surface area (Å²) >= 11 is 0. The molecule has 2 unspecified atom stereocenters. The molecule has 1 amide bonds. The largest absolute Gasteiger partial charge is 0.497 e. The fraction of sp³-hybridized carbons (Fsp3) is 0.235. The zero-order chi connectivity index (χ0) is 18.5. The first-order valence-corrected chi connectivity index (χ1v) is 7.91. The molecule has 3 rings (SSSR count). The number of hydrogen-bond acceptors (Lipinski definition) is 7. The van der Waals surface area contributed by atoms with Gasteiger partial charge < -0.3 is 20.1 Å². The Hall–Kier alpha value is -2.88. The average Bonchev–Trinajstić information content (AvgIpc) is 3.09. The summed E-state index contributed by atoms with van der Waals surface area (Å²) in [6.07, 6.45) is -0.496. The summed E-state index contributed by atoms with van der Waals surface area (Å²) in [6.45, 7) is 0. The molecule has 0 aliphatic carbocycles. The van der Waals surface area contributed by atoms with Crippen LogP contribution in [0.1, 0.15) is 0 Å². The number of carbonyl (C=O) groups is 1. The summed E-state index contributed by atoms with van der Waals surface area (Å²) in [6, 6.07) is 10.4. The molecule has 9 heteroatoms. The summed E-state index contributed by atoms with van der Waals surface area (Å²) < 4.78 is 23.7. The Bertz CT molecular complexity index is 766. The van der Waals surface area contributed by atoms with E-state index in [4.69, 9.17) is 9.47 Å². The first-order valence-electron chi connectivity index (χ1n) is 7.91. The zero-order valence-electron chi connectivity index (χ0n) is 14.3. The topological polar surface area (TPSA) is 95.7 Å². The van der Waals surface area contributed by atoms with Crippen molar-refractivity contribution in [3.05, 3.63) is 48.3 Å². The Kier molecular flexibility index (Phi) is 5.52. The molecule has 2 aromatic carbocycles. The third-order valence-corrected chi connectivity index (χ3v) is 3.84. The number of hydrogen-bond donors (Lipinski definition) is 5. The quantitative estimate of drug-likeness (QED) is 0.528. The fourth-order valence-electron chi connectivity index (χ4n) is 2.56. The van der Waals surface area contributed by atoms with Crippen molar-refractivity contribution in [2.24, 2.45) is 0 Å². The summed E-state index contributed by atoms with van der Waals surface area (Å²) in [5.74, 6) is 0.458. The number of amides is 1. The minimum Gasteiger partial charge on any atom is -0.497 e. The monoisotopic (exact) mass is 361 g/mol. The minimum absolute atomic E-state index is 0.299. The number of hydrazine groups is 2. The lowest BCUT2D eigenvalue weighted by Crippen LogP contribution is -2.47. The highest BCUT2D eigenvalue weighted by Gasteiger charge is 2.33. The molecule has 1 saturated heterocycles. The van der Waals surface area contributed by atoms with Crippen LogP contribution in [-0.2, 0) is 4.79 Å². The minimum atomic E-state index is -0.657. The molecule has 0 aromatic heterocycles. The molecule has 1 heterocycles. The van der Waals surface area contributed by atoms with Crippen LogP contribution in [0.15, 0.2) is 42.5 Å². The van der Waals surface area contributed by atoms with E-state index in [0.29, 0.717) is 22.9 Å². The Morgan fingerprint density at radius 3 is 2.42 bits per heavy atom. The van der Waals surface area contributed by atoms with Gasteiger partial charge in [0.15, 0.2) is 0 Å². The molecule has 1 fully saturated rings. The second-order valence-electron chi connectivity index (χ2n) is 5.61. The van der Waals surface area contributed by atoms with Gasteiger partial charge in [-0.1, -0.05) is 6.07 Å². The molecule has 26 heavy (non-hydrogen) atoms. The summed E-state index contributed by atoms with van der Waals surface area (Å²) in [4.78, 5) is 12.6. The zero-order valence-corrected chi connectivity index (χ0v) is 14.3. The molecule has 0 bridgehead atoms. The van der Waals surface area contributed by atoms with Crippen LogP contribution < -0.4 is 36.5 Å². The highest BCUT2D eigenvalue weighted by Crippen LogP contribution is 2.26. The summed E-state index contributed by atoms with van der Waals surface area (Å²) in [5, 5.41) is 5.86. The predicted molar refractivity (Wildman–Crippen MR) is 95.2 cm³/mol. The van der Waals surface area contributed by atoms with Gasteiger partial charge in [-0.05, 0) is 18.2 Å².